The molecule has 0 radical (unpaired) electrons. The summed E-state index contributed by atoms with van der Waals surface area (Å²) in [4.78, 5) is 10.4. The topological polar surface area (TPSA) is 67.8 Å². The average Bonchev–Trinajstić information content (AvgIpc) is 2.82. The molecule has 180 valence electrons. The van der Waals surface area contributed by atoms with Gasteiger partial charge in [-0.25, -0.2) is 0 Å². The number of aliphatic hydroxyl groups excluding tert-OH is 1. The van der Waals surface area contributed by atoms with E-state index in [0.29, 0.717) is 36.4 Å². The summed E-state index contributed by atoms with van der Waals surface area (Å²) in [6.45, 7) is 16.9. The first kappa shape index (κ1) is 28.1. The van der Waals surface area contributed by atoms with E-state index in [1.165, 1.54) is 5.56 Å². The van der Waals surface area contributed by atoms with Gasteiger partial charge in [-0.15, -0.1) is 0 Å². The second-order valence-corrected chi connectivity index (χ2v) is 8.38. The molecule has 0 saturated heterocycles. The summed E-state index contributed by atoms with van der Waals surface area (Å²) in [6, 6.07) is 15.4. The quantitative estimate of drug-likeness (QED) is 0.304. The predicted octanol–water partition coefficient (Wildman–Crippen LogP) is 5.62. The Labute approximate surface area is 199 Å². The summed E-state index contributed by atoms with van der Waals surface area (Å²) in [5, 5.41) is 13.1. The molecule has 0 aliphatic carbocycles. The van der Waals surface area contributed by atoms with Gasteiger partial charge in [0.15, 0.2) is 0 Å². The van der Waals surface area contributed by atoms with Crippen molar-refractivity contribution < 1.29 is 19.4 Å². The second-order valence-electron chi connectivity index (χ2n) is 8.38. The normalized spacial score (nSPS) is 12.3. The Hall–Kier alpha value is -2.89. The molecular weight excluding hydrogens is 414 g/mol. The molecule has 0 aliphatic rings. The lowest BCUT2D eigenvalue weighted by molar-refractivity contribution is 0.112. The van der Waals surface area contributed by atoms with Gasteiger partial charge in [-0.3, -0.25) is 4.79 Å². The molecule has 2 aromatic rings. The van der Waals surface area contributed by atoms with Crippen LogP contribution in [-0.2, 0) is 0 Å². The van der Waals surface area contributed by atoms with Crippen LogP contribution in [0.4, 0.5) is 0 Å². The lowest BCUT2D eigenvalue weighted by Crippen LogP contribution is -2.41. The SMILES string of the molecule is C=CCOc1cccc(C=O)c1.C=CCOc1cccc([C@H](N[C@@H](CO)C(C)C)C(C)C)c1. The Bertz CT molecular complexity index is 847. The highest BCUT2D eigenvalue weighted by atomic mass is 16.5. The van der Waals surface area contributed by atoms with Crippen molar-refractivity contribution in [2.75, 3.05) is 19.8 Å². The van der Waals surface area contributed by atoms with E-state index in [4.69, 9.17) is 9.47 Å². The van der Waals surface area contributed by atoms with Crippen LogP contribution in [0.3, 0.4) is 0 Å². The molecule has 2 rings (SSSR count). The Morgan fingerprint density at radius 2 is 1.48 bits per heavy atom. The minimum atomic E-state index is 0.0927. The van der Waals surface area contributed by atoms with E-state index >= 15 is 0 Å². The predicted molar refractivity (Wildman–Crippen MR) is 136 cm³/mol. The molecule has 0 spiro atoms. The summed E-state index contributed by atoms with van der Waals surface area (Å²) in [5.41, 5.74) is 1.81. The molecule has 0 amide bonds. The summed E-state index contributed by atoms with van der Waals surface area (Å²) in [7, 11) is 0. The molecular formula is C28H39NO4. The molecule has 0 heterocycles. The number of carbonyl (C=O) groups is 1. The van der Waals surface area contributed by atoms with Crippen molar-refractivity contribution in [3.8, 4) is 11.5 Å². The Morgan fingerprint density at radius 3 is 1.97 bits per heavy atom. The Balaban J connectivity index is 0.000000383. The zero-order chi connectivity index (χ0) is 24.6. The molecule has 0 bridgehead atoms. The van der Waals surface area contributed by atoms with Gasteiger partial charge in [-0.05, 0) is 41.7 Å². The minimum Gasteiger partial charge on any atom is -0.490 e. The van der Waals surface area contributed by atoms with Crippen LogP contribution in [0.1, 0.15) is 49.7 Å². The second kappa shape index (κ2) is 15.8. The van der Waals surface area contributed by atoms with Gasteiger partial charge in [0.05, 0.1) is 6.61 Å². The number of benzene rings is 2. The first-order chi connectivity index (χ1) is 15.9. The number of rotatable bonds is 13. The maximum absolute atomic E-state index is 10.4. The van der Waals surface area contributed by atoms with E-state index in [0.717, 1.165) is 12.0 Å². The summed E-state index contributed by atoms with van der Waals surface area (Å²) >= 11 is 0. The van der Waals surface area contributed by atoms with Crippen LogP contribution in [0.25, 0.3) is 0 Å². The zero-order valence-corrected chi connectivity index (χ0v) is 20.4. The Morgan fingerprint density at radius 1 is 0.909 bits per heavy atom. The number of nitrogens with one attached hydrogen (secondary N) is 1. The van der Waals surface area contributed by atoms with Crippen molar-refractivity contribution in [1.82, 2.24) is 5.32 Å². The maximum Gasteiger partial charge on any atom is 0.150 e. The van der Waals surface area contributed by atoms with Crippen LogP contribution in [-0.4, -0.2) is 37.3 Å². The largest absolute Gasteiger partial charge is 0.490 e. The van der Waals surface area contributed by atoms with E-state index in [1.807, 2.05) is 12.1 Å². The summed E-state index contributed by atoms with van der Waals surface area (Å²) < 4.78 is 10.8. The van der Waals surface area contributed by atoms with Crippen LogP contribution in [0, 0.1) is 11.8 Å². The number of hydrogen-bond donors (Lipinski definition) is 2. The number of aldehydes is 1. The van der Waals surface area contributed by atoms with Crippen molar-refractivity contribution in [3.63, 3.8) is 0 Å². The third-order valence-electron chi connectivity index (χ3n) is 5.01. The number of aliphatic hydroxyl groups is 1. The molecule has 5 heteroatoms. The third-order valence-corrected chi connectivity index (χ3v) is 5.01. The van der Waals surface area contributed by atoms with E-state index in [1.54, 1.807) is 36.4 Å². The highest BCUT2D eigenvalue weighted by Gasteiger charge is 2.22. The molecule has 2 N–H and O–H groups in total. The van der Waals surface area contributed by atoms with Gasteiger partial charge < -0.3 is 19.9 Å². The number of ether oxygens (including phenoxy) is 2. The lowest BCUT2D eigenvalue weighted by atomic mass is 9.93. The van der Waals surface area contributed by atoms with Gasteiger partial charge in [0, 0.05) is 17.6 Å². The number of hydrogen-bond acceptors (Lipinski definition) is 5. The van der Waals surface area contributed by atoms with E-state index < -0.39 is 0 Å². The van der Waals surface area contributed by atoms with E-state index in [2.05, 4.69) is 58.3 Å². The molecule has 2 aromatic carbocycles. The fourth-order valence-electron chi connectivity index (χ4n) is 3.15. The fourth-order valence-corrected chi connectivity index (χ4v) is 3.15. The van der Waals surface area contributed by atoms with E-state index in [-0.39, 0.29) is 18.7 Å². The molecule has 0 fully saturated rings. The summed E-state index contributed by atoms with van der Waals surface area (Å²) in [6.07, 6.45) is 4.19. The van der Waals surface area contributed by atoms with Crippen LogP contribution >= 0.6 is 0 Å². The molecule has 0 unspecified atom stereocenters. The zero-order valence-electron chi connectivity index (χ0n) is 20.4. The van der Waals surface area contributed by atoms with Crippen LogP contribution in [0.2, 0.25) is 0 Å². The molecule has 2 atom stereocenters. The standard InChI is InChI=1S/C18H29NO2.C10H10O2/c1-6-10-21-16-9-7-8-15(11-16)18(14(4)5)19-17(12-20)13(2)3;1-2-6-12-10-5-3-4-9(7-10)8-11/h6-9,11,13-14,17-20H,1,10,12H2,2-5H3;2-5,7-8H,1,6H2/t17-,18+;/m0./s1. The van der Waals surface area contributed by atoms with Gasteiger partial charge in [0.25, 0.3) is 0 Å². The van der Waals surface area contributed by atoms with Crippen molar-refractivity contribution in [3.05, 3.63) is 85.0 Å². The van der Waals surface area contributed by atoms with E-state index in [9.17, 15) is 9.90 Å². The van der Waals surface area contributed by atoms with Crippen LogP contribution < -0.4 is 14.8 Å². The van der Waals surface area contributed by atoms with Crippen LogP contribution in [0.15, 0.2) is 73.8 Å². The highest BCUT2D eigenvalue weighted by molar-refractivity contribution is 5.75. The fraction of sp³-hybridized carbons (Fsp3) is 0.393. The van der Waals surface area contributed by atoms with Gasteiger partial charge in [0.1, 0.15) is 31.0 Å². The van der Waals surface area contributed by atoms with Gasteiger partial charge in [0.2, 0.25) is 0 Å². The maximum atomic E-state index is 10.4. The van der Waals surface area contributed by atoms with Gasteiger partial charge in [-0.1, -0.05) is 77.3 Å². The molecule has 5 nitrogen and oxygen atoms in total. The molecule has 0 saturated carbocycles. The Kier molecular flexibility index (Phi) is 13.5. The highest BCUT2D eigenvalue weighted by Crippen LogP contribution is 2.26. The monoisotopic (exact) mass is 453 g/mol. The van der Waals surface area contributed by atoms with Crippen molar-refractivity contribution in [1.29, 1.82) is 0 Å². The molecule has 33 heavy (non-hydrogen) atoms. The number of carbonyl (C=O) groups excluding carboxylic acids is 1. The smallest absolute Gasteiger partial charge is 0.150 e. The van der Waals surface area contributed by atoms with Gasteiger partial charge >= 0.3 is 0 Å². The van der Waals surface area contributed by atoms with Crippen molar-refractivity contribution >= 4 is 6.29 Å². The average molecular weight is 454 g/mol. The first-order valence-electron chi connectivity index (χ1n) is 11.4. The van der Waals surface area contributed by atoms with Crippen molar-refractivity contribution in [2.24, 2.45) is 11.8 Å². The van der Waals surface area contributed by atoms with Gasteiger partial charge in [-0.2, -0.15) is 0 Å². The molecule has 0 aliphatic heterocycles. The van der Waals surface area contributed by atoms with Crippen molar-refractivity contribution in [2.45, 2.75) is 39.8 Å². The first-order valence-corrected chi connectivity index (χ1v) is 11.4. The van der Waals surface area contributed by atoms with Crippen LogP contribution in [0.5, 0.6) is 11.5 Å². The summed E-state index contributed by atoms with van der Waals surface area (Å²) in [5.74, 6) is 2.35. The third kappa shape index (κ3) is 10.5. The molecule has 0 aromatic heterocycles. The minimum absolute atomic E-state index is 0.0927. The lowest BCUT2D eigenvalue weighted by Gasteiger charge is -2.30.